The molecule has 0 saturated carbocycles. The number of fused-ring (bicyclic) bond motifs is 1. The van der Waals surface area contributed by atoms with E-state index in [1.165, 1.54) is 34.8 Å². The van der Waals surface area contributed by atoms with Crippen molar-refractivity contribution in [1.82, 2.24) is 18.6 Å². The summed E-state index contributed by atoms with van der Waals surface area (Å²) in [6.07, 6.45) is 1.53. The summed E-state index contributed by atoms with van der Waals surface area (Å²) in [7, 11) is -0.474. The lowest BCUT2D eigenvalue weighted by Gasteiger charge is -2.30. The predicted octanol–water partition coefficient (Wildman–Crippen LogP) is 2.00. The van der Waals surface area contributed by atoms with E-state index in [0.29, 0.717) is 49.6 Å². The Morgan fingerprint density at radius 1 is 1.23 bits per heavy atom. The highest BCUT2D eigenvalue weighted by Crippen LogP contribution is 2.33. The molecule has 0 radical (unpaired) electrons. The van der Waals surface area contributed by atoms with Crippen molar-refractivity contribution in [3.05, 3.63) is 52.7 Å². The van der Waals surface area contributed by atoms with Gasteiger partial charge >= 0.3 is 0 Å². The molecule has 10 heteroatoms. The molecule has 0 bridgehead atoms. The second kappa shape index (κ2) is 8.25. The normalized spacial score (nSPS) is 19.8. The zero-order valence-corrected chi connectivity index (χ0v) is 18.7. The minimum atomic E-state index is -3.50. The Balaban J connectivity index is 1.65. The summed E-state index contributed by atoms with van der Waals surface area (Å²) < 4.78 is 41.2. The first kappa shape index (κ1) is 21.8. The zero-order valence-electron chi connectivity index (χ0n) is 17.9. The van der Waals surface area contributed by atoms with Gasteiger partial charge in [-0.1, -0.05) is 12.1 Å². The SMILES string of the molecule is Cc1nc(C2CCN(S(=O)(=O)N(C)C)C2)nc2c1CCC(=O)N2Cc1cccc(F)c1. The summed E-state index contributed by atoms with van der Waals surface area (Å²) in [6.45, 7) is 2.82. The lowest BCUT2D eigenvalue weighted by molar-refractivity contribution is -0.119. The van der Waals surface area contributed by atoms with Crippen molar-refractivity contribution in [2.45, 2.75) is 38.6 Å². The van der Waals surface area contributed by atoms with Crippen LogP contribution in [0.3, 0.4) is 0 Å². The van der Waals surface area contributed by atoms with E-state index < -0.39 is 10.2 Å². The molecule has 2 aliphatic rings. The fraction of sp³-hybridized carbons (Fsp3) is 0.476. The number of halogens is 1. The number of carbonyl (C=O) groups is 1. The van der Waals surface area contributed by atoms with Crippen LogP contribution in [0.15, 0.2) is 24.3 Å². The van der Waals surface area contributed by atoms with Gasteiger partial charge in [0.15, 0.2) is 0 Å². The van der Waals surface area contributed by atoms with Crippen LogP contribution < -0.4 is 4.90 Å². The molecule has 166 valence electrons. The van der Waals surface area contributed by atoms with E-state index in [9.17, 15) is 17.6 Å². The number of rotatable bonds is 5. The molecule has 2 aliphatic heterocycles. The Morgan fingerprint density at radius 3 is 2.71 bits per heavy atom. The van der Waals surface area contributed by atoms with E-state index in [-0.39, 0.29) is 24.2 Å². The topological polar surface area (TPSA) is 86.7 Å². The van der Waals surface area contributed by atoms with E-state index in [1.54, 1.807) is 17.0 Å². The number of aromatic nitrogens is 2. The monoisotopic (exact) mass is 447 g/mol. The molecule has 1 fully saturated rings. The van der Waals surface area contributed by atoms with Crippen LogP contribution in [-0.2, 0) is 28.0 Å². The molecule has 0 aliphatic carbocycles. The van der Waals surface area contributed by atoms with Crippen molar-refractivity contribution in [3.63, 3.8) is 0 Å². The first-order chi connectivity index (χ1) is 14.7. The molecule has 1 atom stereocenters. The summed E-state index contributed by atoms with van der Waals surface area (Å²) in [5, 5.41) is 0. The highest BCUT2D eigenvalue weighted by Gasteiger charge is 2.36. The number of aryl methyl sites for hydroxylation is 1. The second-order valence-corrected chi connectivity index (χ2v) is 10.4. The van der Waals surface area contributed by atoms with Crippen LogP contribution in [0, 0.1) is 12.7 Å². The summed E-state index contributed by atoms with van der Waals surface area (Å²) in [5.74, 6) is 0.536. The average molecular weight is 448 g/mol. The number of amides is 1. The van der Waals surface area contributed by atoms with E-state index in [4.69, 9.17) is 4.98 Å². The number of carbonyl (C=O) groups excluding carboxylic acids is 1. The van der Waals surface area contributed by atoms with Gasteiger partial charge in [-0.3, -0.25) is 9.69 Å². The molecule has 1 aromatic heterocycles. The summed E-state index contributed by atoms with van der Waals surface area (Å²) in [5.41, 5.74) is 2.39. The highest BCUT2D eigenvalue weighted by atomic mass is 32.2. The Labute approximate surface area is 181 Å². The Bertz CT molecular complexity index is 1120. The molecule has 4 rings (SSSR count). The molecule has 0 spiro atoms. The van der Waals surface area contributed by atoms with Crippen molar-refractivity contribution >= 4 is 21.9 Å². The van der Waals surface area contributed by atoms with Crippen LogP contribution in [0.5, 0.6) is 0 Å². The number of nitrogens with zero attached hydrogens (tertiary/aromatic N) is 5. The molecule has 31 heavy (non-hydrogen) atoms. The second-order valence-electron chi connectivity index (χ2n) is 8.21. The van der Waals surface area contributed by atoms with Crippen molar-refractivity contribution in [3.8, 4) is 0 Å². The number of benzene rings is 1. The Kier molecular flexibility index (Phi) is 5.80. The summed E-state index contributed by atoms with van der Waals surface area (Å²) in [6, 6.07) is 6.18. The standard InChI is InChI=1S/C21H26FN5O3S/c1-14-18-7-8-19(28)27(12-15-5-4-6-17(22)11-15)21(18)24-20(23-14)16-9-10-26(13-16)31(29,30)25(2)3/h4-6,11,16H,7-10,12-13H2,1-3H3. The van der Waals surface area contributed by atoms with E-state index in [2.05, 4.69) is 4.98 Å². The van der Waals surface area contributed by atoms with E-state index >= 15 is 0 Å². The van der Waals surface area contributed by atoms with Crippen molar-refractivity contribution in [2.75, 3.05) is 32.1 Å². The quantitative estimate of drug-likeness (QED) is 0.700. The zero-order chi connectivity index (χ0) is 22.3. The maximum absolute atomic E-state index is 13.7. The van der Waals surface area contributed by atoms with Crippen LogP contribution >= 0.6 is 0 Å². The van der Waals surface area contributed by atoms with Gasteiger partial charge < -0.3 is 0 Å². The molecule has 1 saturated heterocycles. The smallest absolute Gasteiger partial charge is 0.281 e. The van der Waals surface area contributed by atoms with E-state index in [0.717, 1.165) is 11.3 Å². The van der Waals surface area contributed by atoms with Crippen LogP contribution in [0.2, 0.25) is 0 Å². The van der Waals surface area contributed by atoms with Crippen molar-refractivity contribution < 1.29 is 17.6 Å². The van der Waals surface area contributed by atoms with Crippen molar-refractivity contribution in [1.29, 1.82) is 0 Å². The third kappa shape index (κ3) is 4.19. The fourth-order valence-corrected chi connectivity index (χ4v) is 5.31. The van der Waals surface area contributed by atoms with Gasteiger partial charge in [-0.05, 0) is 37.5 Å². The van der Waals surface area contributed by atoms with Crippen LogP contribution in [0.25, 0.3) is 0 Å². The van der Waals surface area contributed by atoms with E-state index in [1.807, 2.05) is 6.92 Å². The van der Waals surface area contributed by atoms with Gasteiger partial charge in [0.05, 0.1) is 6.54 Å². The van der Waals surface area contributed by atoms with Gasteiger partial charge in [-0.2, -0.15) is 17.0 Å². The molecule has 0 N–H and O–H groups in total. The highest BCUT2D eigenvalue weighted by molar-refractivity contribution is 7.86. The van der Waals surface area contributed by atoms with Gasteiger partial charge in [0, 0.05) is 50.8 Å². The molecule has 1 amide bonds. The minimum absolute atomic E-state index is 0.0657. The van der Waals surface area contributed by atoms with Gasteiger partial charge in [0.25, 0.3) is 10.2 Å². The number of hydrogen-bond acceptors (Lipinski definition) is 5. The molecule has 1 unspecified atom stereocenters. The van der Waals surface area contributed by atoms with Crippen LogP contribution in [0.1, 0.15) is 41.4 Å². The molecule has 8 nitrogen and oxygen atoms in total. The van der Waals surface area contributed by atoms with Gasteiger partial charge in [-0.25, -0.2) is 14.4 Å². The Morgan fingerprint density at radius 2 is 2.00 bits per heavy atom. The minimum Gasteiger partial charge on any atom is -0.292 e. The third-order valence-electron chi connectivity index (χ3n) is 5.89. The van der Waals surface area contributed by atoms with Gasteiger partial charge in [-0.15, -0.1) is 0 Å². The lowest BCUT2D eigenvalue weighted by atomic mass is 10.0. The first-order valence-corrected chi connectivity index (χ1v) is 11.7. The third-order valence-corrected chi connectivity index (χ3v) is 7.80. The molecule has 2 aromatic rings. The number of anilines is 1. The van der Waals surface area contributed by atoms with Crippen molar-refractivity contribution in [2.24, 2.45) is 0 Å². The largest absolute Gasteiger partial charge is 0.292 e. The predicted molar refractivity (Wildman–Crippen MR) is 114 cm³/mol. The number of hydrogen-bond donors (Lipinski definition) is 0. The van der Waals surface area contributed by atoms with Gasteiger partial charge in [0.1, 0.15) is 17.5 Å². The van der Waals surface area contributed by atoms with Crippen LogP contribution in [0.4, 0.5) is 10.2 Å². The van der Waals surface area contributed by atoms with Crippen LogP contribution in [-0.4, -0.2) is 60.1 Å². The molecule has 1 aromatic carbocycles. The Hall–Kier alpha value is -2.43. The maximum Gasteiger partial charge on any atom is 0.281 e. The summed E-state index contributed by atoms with van der Waals surface area (Å²) >= 11 is 0. The molecular weight excluding hydrogens is 421 g/mol. The summed E-state index contributed by atoms with van der Waals surface area (Å²) in [4.78, 5) is 23.7. The first-order valence-electron chi connectivity index (χ1n) is 10.3. The average Bonchev–Trinajstić information content (AvgIpc) is 3.21. The fourth-order valence-electron chi connectivity index (χ4n) is 4.15. The molecular formula is C21H26FN5O3S. The van der Waals surface area contributed by atoms with Gasteiger partial charge in [0.2, 0.25) is 5.91 Å². The maximum atomic E-state index is 13.7. The lowest BCUT2D eigenvalue weighted by Crippen LogP contribution is -2.38. The molecule has 3 heterocycles.